The Kier molecular flexibility index (Phi) is 6.02. The summed E-state index contributed by atoms with van der Waals surface area (Å²) in [5.41, 5.74) is 1.37. The lowest BCUT2D eigenvalue weighted by molar-refractivity contribution is -0.695. The van der Waals surface area contributed by atoms with E-state index in [9.17, 15) is 22.8 Å². The van der Waals surface area contributed by atoms with E-state index in [-0.39, 0.29) is 13.0 Å². The van der Waals surface area contributed by atoms with Crippen LogP contribution in [-0.2, 0) is 20.9 Å². The van der Waals surface area contributed by atoms with Crippen LogP contribution < -0.4 is 4.57 Å². The third-order valence-electron chi connectivity index (χ3n) is 2.92. The van der Waals surface area contributed by atoms with E-state index < -0.39 is 18.1 Å². The van der Waals surface area contributed by atoms with Gasteiger partial charge in [0, 0.05) is 17.7 Å². The van der Waals surface area contributed by atoms with E-state index in [1.54, 1.807) is 29.1 Å². The molecule has 2 aromatic heterocycles. The average molecular weight is 373 g/mol. The van der Waals surface area contributed by atoms with Gasteiger partial charge in [-0.25, -0.2) is 14.3 Å². The van der Waals surface area contributed by atoms with Crippen LogP contribution in [0, 0.1) is 0 Å². The van der Waals surface area contributed by atoms with Gasteiger partial charge in [-0.1, -0.05) is 11.8 Å². The van der Waals surface area contributed by atoms with Crippen LogP contribution in [0.15, 0.2) is 35.9 Å². The number of hydrogen-bond donors (Lipinski definition) is 0. The fourth-order valence-electron chi connectivity index (χ4n) is 1.72. The van der Waals surface area contributed by atoms with E-state index in [0.29, 0.717) is 10.9 Å². The Morgan fingerprint density at radius 2 is 1.96 bits per heavy atom. The maximum atomic E-state index is 12.0. The van der Waals surface area contributed by atoms with Crippen molar-refractivity contribution in [1.82, 2.24) is 15.2 Å². The molecule has 0 aromatic carbocycles. The number of halogens is 3. The Morgan fingerprint density at radius 3 is 2.56 bits per heavy atom. The molecule has 0 saturated heterocycles. The van der Waals surface area contributed by atoms with Crippen LogP contribution in [0.25, 0.3) is 11.3 Å². The monoisotopic (exact) mass is 373 g/mol. The molecule has 132 valence electrons. The molecule has 0 fully saturated rings. The largest absolute Gasteiger partial charge is 0.491 e. The number of rotatable bonds is 5. The first-order valence-corrected chi connectivity index (χ1v) is 8.07. The number of ether oxygens (including phenoxy) is 1. The minimum Gasteiger partial charge on any atom is -0.386 e. The topological polar surface area (TPSA) is 85.9 Å². The minimum absolute atomic E-state index is 0.0579. The number of thioether (sulfide) groups is 1. The molecule has 2 aromatic rings. The summed E-state index contributed by atoms with van der Waals surface area (Å²) in [6, 6.07) is 3.42. The summed E-state index contributed by atoms with van der Waals surface area (Å²) in [6.07, 6.45) is 0.995. The van der Waals surface area contributed by atoms with Gasteiger partial charge in [0.1, 0.15) is 6.42 Å². The summed E-state index contributed by atoms with van der Waals surface area (Å²) in [4.78, 5) is 26.1. The van der Waals surface area contributed by atoms with Gasteiger partial charge in [-0.2, -0.15) is 18.3 Å². The van der Waals surface area contributed by atoms with Gasteiger partial charge < -0.3 is 4.74 Å². The predicted octanol–water partition coefficient (Wildman–Crippen LogP) is 1.57. The fraction of sp³-hybridized carbons (Fsp3) is 0.286. The van der Waals surface area contributed by atoms with Gasteiger partial charge in [-0.3, -0.25) is 4.79 Å². The molecule has 0 atom stereocenters. The maximum absolute atomic E-state index is 12.0. The summed E-state index contributed by atoms with van der Waals surface area (Å²) in [5.74, 6) is -3.76. The van der Waals surface area contributed by atoms with Crippen LogP contribution in [0.3, 0.4) is 0 Å². The van der Waals surface area contributed by atoms with Crippen LogP contribution in [-0.4, -0.2) is 39.6 Å². The molecule has 0 N–H and O–H groups in total. The molecule has 0 aliphatic heterocycles. The second-order valence-corrected chi connectivity index (χ2v) is 5.44. The van der Waals surface area contributed by atoms with Gasteiger partial charge in [0.2, 0.25) is 5.16 Å². The highest BCUT2D eigenvalue weighted by atomic mass is 32.2. The number of carbonyl (C=O) groups excluding carboxylic acids is 2. The highest BCUT2D eigenvalue weighted by Crippen LogP contribution is 2.17. The van der Waals surface area contributed by atoms with Gasteiger partial charge in [0.15, 0.2) is 18.9 Å². The van der Waals surface area contributed by atoms with Crippen molar-refractivity contribution in [3.05, 3.63) is 30.7 Å². The first kappa shape index (κ1) is 18.8. The van der Waals surface area contributed by atoms with Crippen molar-refractivity contribution in [2.24, 2.45) is 0 Å². The van der Waals surface area contributed by atoms with E-state index in [0.717, 1.165) is 5.56 Å². The van der Waals surface area contributed by atoms with Crippen molar-refractivity contribution < 1.29 is 32.1 Å². The third-order valence-corrected chi connectivity index (χ3v) is 3.46. The van der Waals surface area contributed by atoms with E-state index in [2.05, 4.69) is 19.9 Å². The zero-order valence-corrected chi connectivity index (χ0v) is 13.7. The van der Waals surface area contributed by atoms with E-state index in [4.69, 9.17) is 0 Å². The molecule has 0 amide bonds. The Bertz CT molecular complexity index is 769. The smallest absolute Gasteiger partial charge is 0.386 e. The number of carbonyl (C=O) groups is 2. The van der Waals surface area contributed by atoms with Crippen LogP contribution in [0.2, 0.25) is 0 Å². The lowest BCUT2D eigenvalue weighted by atomic mass is 10.2. The first-order valence-electron chi connectivity index (χ1n) is 6.84. The Labute approximate surface area is 144 Å². The lowest BCUT2D eigenvalue weighted by Gasteiger charge is -2.04. The zero-order chi connectivity index (χ0) is 18.4. The second kappa shape index (κ2) is 8.01. The van der Waals surface area contributed by atoms with Crippen molar-refractivity contribution in [1.29, 1.82) is 0 Å². The summed E-state index contributed by atoms with van der Waals surface area (Å²) >= 11 is 1.35. The summed E-state index contributed by atoms with van der Waals surface area (Å²) in [5, 5.41) is 8.18. The molecule has 0 saturated carbocycles. The molecular formula is C14H12F3N4O3S+. The Morgan fingerprint density at radius 1 is 1.28 bits per heavy atom. The Hall–Kier alpha value is -2.56. The van der Waals surface area contributed by atoms with Crippen LogP contribution >= 0.6 is 11.8 Å². The Balaban J connectivity index is 1.94. The summed E-state index contributed by atoms with van der Waals surface area (Å²) in [6.45, 7) is 0.0579. The van der Waals surface area contributed by atoms with Gasteiger partial charge in [0.05, 0.1) is 11.9 Å². The molecule has 0 spiro atoms. The highest BCUT2D eigenvalue weighted by molar-refractivity contribution is 7.98. The molecular weight excluding hydrogens is 361 g/mol. The number of esters is 2. The molecule has 2 rings (SSSR count). The van der Waals surface area contributed by atoms with Gasteiger partial charge >= 0.3 is 18.1 Å². The third kappa shape index (κ3) is 5.48. The van der Waals surface area contributed by atoms with Crippen LogP contribution in [0.4, 0.5) is 13.2 Å². The van der Waals surface area contributed by atoms with Crippen molar-refractivity contribution in [2.45, 2.75) is 24.3 Å². The van der Waals surface area contributed by atoms with Crippen molar-refractivity contribution >= 4 is 23.7 Å². The summed E-state index contributed by atoms with van der Waals surface area (Å²) in [7, 11) is 0. The maximum Gasteiger partial charge on any atom is 0.491 e. The molecule has 2 heterocycles. The molecule has 11 heteroatoms. The van der Waals surface area contributed by atoms with Gasteiger partial charge in [-0.05, 0) is 6.26 Å². The molecule has 0 aliphatic carbocycles. The SMILES string of the molecule is CSc1nncc(-c2cc[n+](CCC(=O)OC(=O)C(F)(F)F)cc2)n1. The average Bonchev–Trinajstić information content (AvgIpc) is 2.59. The standard InChI is InChI=1S/C14H12F3N4O3S/c1-25-13-19-10(8-18-20-13)9-2-5-21(6-3-9)7-4-11(22)24-12(23)14(15,16)17/h2-3,5-6,8H,4,7H2,1H3/q+1. The van der Waals surface area contributed by atoms with Crippen LogP contribution in [0.1, 0.15) is 6.42 Å². The van der Waals surface area contributed by atoms with E-state index in [1.807, 2.05) is 6.26 Å². The number of aromatic nitrogens is 4. The van der Waals surface area contributed by atoms with Gasteiger partial charge in [0.25, 0.3) is 0 Å². The van der Waals surface area contributed by atoms with Gasteiger partial charge in [-0.15, -0.1) is 5.10 Å². The fourth-order valence-corrected chi connectivity index (χ4v) is 2.04. The van der Waals surface area contributed by atoms with Crippen LogP contribution in [0.5, 0.6) is 0 Å². The number of alkyl halides is 3. The highest BCUT2D eigenvalue weighted by Gasteiger charge is 2.42. The van der Waals surface area contributed by atoms with Crippen molar-refractivity contribution in [3.63, 3.8) is 0 Å². The zero-order valence-electron chi connectivity index (χ0n) is 12.9. The van der Waals surface area contributed by atoms with E-state index in [1.165, 1.54) is 18.0 Å². The molecule has 0 unspecified atom stereocenters. The number of aryl methyl sites for hydroxylation is 1. The van der Waals surface area contributed by atoms with Crippen molar-refractivity contribution in [2.75, 3.05) is 6.26 Å². The van der Waals surface area contributed by atoms with Crippen molar-refractivity contribution in [3.8, 4) is 11.3 Å². The van der Waals surface area contributed by atoms with E-state index >= 15 is 0 Å². The molecule has 0 radical (unpaired) electrons. The number of pyridine rings is 1. The summed E-state index contributed by atoms with van der Waals surface area (Å²) < 4.78 is 41.2. The number of nitrogens with zero attached hydrogens (tertiary/aromatic N) is 4. The molecule has 25 heavy (non-hydrogen) atoms. The normalized spacial score (nSPS) is 11.2. The first-order chi connectivity index (χ1) is 11.8. The second-order valence-electron chi connectivity index (χ2n) is 4.66. The quantitative estimate of drug-likeness (QED) is 0.340. The number of hydrogen-bond acceptors (Lipinski definition) is 7. The lowest BCUT2D eigenvalue weighted by Crippen LogP contribution is -2.35. The molecule has 7 nitrogen and oxygen atoms in total. The minimum atomic E-state index is -5.19. The molecule has 0 bridgehead atoms. The molecule has 0 aliphatic rings. The predicted molar refractivity (Wildman–Crippen MR) is 79.0 cm³/mol.